The highest BCUT2D eigenvalue weighted by Gasteiger charge is 2.20. The van der Waals surface area contributed by atoms with E-state index in [-0.39, 0.29) is 36.9 Å². The van der Waals surface area contributed by atoms with Crippen LogP contribution in [0.5, 0.6) is 5.75 Å². The molecule has 2 aromatic heterocycles. The summed E-state index contributed by atoms with van der Waals surface area (Å²) in [5, 5.41) is 6.21. The molecular weight excluding hydrogens is 428 g/mol. The van der Waals surface area contributed by atoms with Crippen molar-refractivity contribution < 1.29 is 14.3 Å². The van der Waals surface area contributed by atoms with Crippen molar-refractivity contribution in [3.05, 3.63) is 51.4 Å². The number of aromatic nitrogens is 2. The first-order valence-electron chi connectivity index (χ1n) is 10.8. The number of benzene rings is 1. The van der Waals surface area contributed by atoms with Crippen LogP contribution < -0.4 is 20.9 Å². The van der Waals surface area contributed by atoms with Gasteiger partial charge in [0.2, 0.25) is 5.91 Å². The second-order valence-corrected chi connectivity index (χ2v) is 8.78. The number of nitrogens with one attached hydrogen (secondary N) is 2. The van der Waals surface area contributed by atoms with Crippen LogP contribution >= 0.6 is 11.3 Å². The van der Waals surface area contributed by atoms with Gasteiger partial charge in [0.25, 0.3) is 11.5 Å². The van der Waals surface area contributed by atoms with Gasteiger partial charge in [0, 0.05) is 30.1 Å². The van der Waals surface area contributed by atoms with Crippen LogP contribution in [0.2, 0.25) is 0 Å². The number of ether oxygens (including phenoxy) is 1. The third-order valence-corrected chi connectivity index (χ3v) is 6.60. The molecule has 0 bridgehead atoms. The molecule has 1 aromatic carbocycles. The maximum absolute atomic E-state index is 13.0. The number of carbonyl (C=O) groups excluding carboxylic acids is 2. The Morgan fingerprint density at radius 3 is 2.72 bits per heavy atom. The molecule has 0 fully saturated rings. The molecule has 32 heavy (non-hydrogen) atoms. The highest BCUT2D eigenvalue weighted by atomic mass is 32.1. The number of anilines is 1. The minimum atomic E-state index is -0.194. The summed E-state index contributed by atoms with van der Waals surface area (Å²) in [4.78, 5) is 43.4. The lowest BCUT2D eigenvalue weighted by molar-refractivity contribution is -0.123. The number of likely N-dealkylation sites (N-methyl/N-ethyl adjacent to an activating group) is 1. The Bertz CT molecular complexity index is 1180. The van der Waals surface area contributed by atoms with Crippen molar-refractivity contribution in [3.8, 4) is 5.75 Å². The van der Waals surface area contributed by atoms with Gasteiger partial charge in [-0.2, -0.15) is 0 Å². The molecule has 8 nitrogen and oxygen atoms in total. The summed E-state index contributed by atoms with van der Waals surface area (Å²) >= 11 is 1.62. The largest absolute Gasteiger partial charge is 0.484 e. The number of rotatable bonds is 8. The lowest BCUT2D eigenvalue weighted by Crippen LogP contribution is -2.28. The van der Waals surface area contributed by atoms with Gasteiger partial charge in [-0.25, -0.2) is 4.98 Å². The topological polar surface area (TPSA) is 102 Å². The number of amides is 2. The lowest BCUT2D eigenvalue weighted by Gasteiger charge is -2.11. The average Bonchev–Trinajstić information content (AvgIpc) is 3.18. The number of thiophene rings is 1. The Labute approximate surface area is 189 Å². The smallest absolute Gasteiger partial charge is 0.262 e. The van der Waals surface area contributed by atoms with Crippen molar-refractivity contribution in [2.45, 2.75) is 45.6 Å². The van der Waals surface area contributed by atoms with Crippen LogP contribution in [0.15, 0.2) is 35.4 Å². The Hall–Kier alpha value is -3.20. The Balaban J connectivity index is 1.34. The van der Waals surface area contributed by atoms with Crippen molar-refractivity contribution in [1.82, 2.24) is 14.9 Å². The third-order valence-electron chi connectivity index (χ3n) is 5.40. The SMILES string of the molecule is CCNC(=O)COc1ccc(NC(=O)CCn2cnc3sc4c(c3c2=O)CCCC4)cc1. The molecule has 0 aliphatic heterocycles. The van der Waals surface area contributed by atoms with Gasteiger partial charge < -0.3 is 15.4 Å². The van der Waals surface area contributed by atoms with Crippen LogP contribution in [0.1, 0.15) is 36.6 Å². The molecule has 0 radical (unpaired) electrons. The number of hydrogen-bond donors (Lipinski definition) is 2. The Morgan fingerprint density at radius 1 is 1.16 bits per heavy atom. The molecule has 0 spiro atoms. The van der Waals surface area contributed by atoms with Gasteiger partial charge >= 0.3 is 0 Å². The fourth-order valence-electron chi connectivity index (χ4n) is 3.82. The molecule has 1 aliphatic rings. The molecule has 3 aromatic rings. The van der Waals surface area contributed by atoms with Gasteiger partial charge in [-0.15, -0.1) is 11.3 Å². The summed E-state index contributed by atoms with van der Waals surface area (Å²) < 4.78 is 6.93. The minimum absolute atomic E-state index is 0.0555. The molecule has 168 valence electrons. The van der Waals surface area contributed by atoms with E-state index >= 15 is 0 Å². The molecule has 2 heterocycles. The Morgan fingerprint density at radius 2 is 1.94 bits per heavy atom. The van der Waals surface area contributed by atoms with E-state index in [0.717, 1.165) is 41.5 Å². The summed E-state index contributed by atoms with van der Waals surface area (Å²) in [6.45, 7) is 2.61. The predicted molar refractivity (Wildman–Crippen MR) is 124 cm³/mol. The van der Waals surface area contributed by atoms with Crippen LogP contribution in [0.3, 0.4) is 0 Å². The van der Waals surface area contributed by atoms with Gasteiger partial charge in [0.1, 0.15) is 10.6 Å². The van der Waals surface area contributed by atoms with Crippen LogP contribution in [-0.2, 0) is 29.0 Å². The highest BCUT2D eigenvalue weighted by molar-refractivity contribution is 7.18. The van der Waals surface area contributed by atoms with Crippen molar-refractivity contribution in [2.75, 3.05) is 18.5 Å². The van der Waals surface area contributed by atoms with Gasteiger partial charge in [0.05, 0.1) is 11.7 Å². The quantitative estimate of drug-likeness (QED) is 0.545. The normalized spacial score (nSPS) is 12.9. The minimum Gasteiger partial charge on any atom is -0.484 e. The number of hydrogen-bond acceptors (Lipinski definition) is 6. The molecule has 2 amide bonds. The summed E-state index contributed by atoms with van der Waals surface area (Å²) in [7, 11) is 0. The van der Waals surface area contributed by atoms with E-state index in [1.807, 2.05) is 6.92 Å². The summed E-state index contributed by atoms with van der Waals surface area (Å²) in [6, 6.07) is 6.80. The van der Waals surface area contributed by atoms with E-state index in [0.29, 0.717) is 18.0 Å². The van der Waals surface area contributed by atoms with E-state index < -0.39 is 0 Å². The fourth-order valence-corrected chi connectivity index (χ4v) is 5.04. The molecule has 0 atom stereocenters. The number of nitrogens with zero attached hydrogens (tertiary/aromatic N) is 2. The second-order valence-electron chi connectivity index (χ2n) is 7.70. The third kappa shape index (κ3) is 4.99. The van der Waals surface area contributed by atoms with E-state index in [9.17, 15) is 14.4 Å². The lowest BCUT2D eigenvalue weighted by atomic mass is 9.97. The van der Waals surface area contributed by atoms with Crippen LogP contribution in [0.25, 0.3) is 10.2 Å². The van der Waals surface area contributed by atoms with Crippen LogP contribution in [0, 0.1) is 0 Å². The molecule has 4 rings (SSSR count). The van der Waals surface area contributed by atoms with Crippen LogP contribution in [-0.4, -0.2) is 34.5 Å². The fraction of sp³-hybridized carbons (Fsp3) is 0.391. The van der Waals surface area contributed by atoms with Crippen molar-refractivity contribution in [1.29, 1.82) is 0 Å². The van der Waals surface area contributed by atoms with Gasteiger partial charge in [-0.3, -0.25) is 19.0 Å². The number of fused-ring (bicyclic) bond motifs is 3. The molecule has 1 aliphatic carbocycles. The first-order chi connectivity index (χ1) is 15.5. The van der Waals surface area contributed by atoms with E-state index in [2.05, 4.69) is 15.6 Å². The Kier molecular flexibility index (Phi) is 6.84. The van der Waals surface area contributed by atoms with E-state index in [1.165, 1.54) is 9.44 Å². The summed E-state index contributed by atoms with van der Waals surface area (Å²) in [5.41, 5.74) is 1.71. The molecular formula is C23H26N4O4S. The zero-order chi connectivity index (χ0) is 22.5. The zero-order valence-electron chi connectivity index (χ0n) is 18.0. The van der Waals surface area contributed by atoms with Crippen molar-refractivity contribution in [2.24, 2.45) is 0 Å². The first kappa shape index (κ1) is 22.0. The van der Waals surface area contributed by atoms with E-state index in [1.54, 1.807) is 41.9 Å². The zero-order valence-corrected chi connectivity index (χ0v) is 18.8. The molecule has 0 saturated heterocycles. The molecule has 0 saturated carbocycles. The maximum atomic E-state index is 13.0. The van der Waals surface area contributed by atoms with Gasteiger partial charge in [0.15, 0.2) is 6.61 Å². The first-order valence-corrected chi connectivity index (χ1v) is 11.7. The monoisotopic (exact) mass is 454 g/mol. The molecule has 9 heteroatoms. The van der Waals surface area contributed by atoms with Crippen LogP contribution in [0.4, 0.5) is 5.69 Å². The predicted octanol–water partition coefficient (Wildman–Crippen LogP) is 2.88. The molecule has 0 unspecified atom stereocenters. The number of aryl methyl sites for hydroxylation is 3. The maximum Gasteiger partial charge on any atom is 0.262 e. The standard InChI is InChI=1S/C23H26N4O4S/c1-2-24-20(29)13-31-16-9-7-15(8-10-16)26-19(28)11-12-27-14-25-22-21(23(27)30)17-5-3-4-6-18(17)32-22/h7-10,14H,2-6,11-13H2,1H3,(H,24,29)(H,26,28). The van der Waals surface area contributed by atoms with Gasteiger partial charge in [-0.1, -0.05) is 0 Å². The highest BCUT2D eigenvalue weighted by Crippen LogP contribution is 2.33. The van der Waals surface area contributed by atoms with Crippen molar-refractivity contribution >= 4 is 39.1 Å². The van der Waals surface area contributed by atoms with Crippen molar-refractivity contribution in [3.63, 3.8) is 0 Å². The summed E-state index contributed by atoms with van der Waals surface area (Å²) in [5.74, 6) is 0.162. The summed E-state index contributed by atoms with van der Waals surface area (Å²) in [6.07, 6.45) is 5.92. The van der Waals surface area contributed by atoms with E-state index in [4.69, 9.17) is 4.74 Å². The van der Waals surface area contributed by atoms with Gasteiger partial charge in [-0.05, 0) is 62.4 Å². The second kappa shape index (κ2) is 9.95. The number of carbonyl (C=O) groups is 2. The molecule has 2 N–H and O–H groups in total. The average molecular weight is 455 g/mol.